The number of fused-ring (bicyclic) bond motifs is 1. The fraction of sp³-hybridized carbons (Fsp3) is 0.412. The number of pyridine rings is 1. The third-order valence-corrected chi connectivity index (χ3v) is 5.11. The molecule has 2 atom stereocenters. The summed E-state index contributed by atoms with van der Waals surface area (Å²) >= 11 is 7.02. The number of aromatic nitrogens is 1. The highest BCUT2D eigenvalue weighted by molar-refractivity contribution is 9.11. The lowest BCUT2D eigenvalue weighted by molar-refractivity contribution is -0.145. The van der Waals surface area contributed by atoms with E-state index in [0.717, 1.165) is 19.8 Å². The average Bonchev–Trinajstić information content (AvgIpc) is 2.53. The van der Waals surface area contributed by atoms with Gasteiger partial charge in [0.1, 0.15) is 5.52 Å². The number of morpholine rings is 1. The Labute approximate surface area is 157 Å². The smallest absolute Gasteiger partial charge is 0.260 e. The van der Waals surface area contributed by atoms with E-state index in [1.807, 2.05) is 32.0 Å². The number of carbonyl (C=O) groups excluding carboxylic acids is 1. The minimum atomic E-state index is -0.0455. The van der Waals surface area contributed by atoms with Crippen LogP contribution in [0.2, 0.25) is 0 Å². The third-order valence-electron chi connectivity index (χ3n) is 3.86. The summed E-state index contributed by atoms with van der Waals surface area (Å²) in [6.07, 6.45) is 1.79. The van der Waals surface area contributed by atoms with Gasteiger partial charge in [-0.05, 0) is 41.9 Å². The van der Waals surface area contributed by atoms with Crippen molar-refractivity contribution in [1.82, 2.24) is 9.88 Å². The molecule has 3 rings (SSSR count). The third kappa shape index (κ3) is 3.73. The summed E-state index contributed by atoms with van der Waals surface area (Å²) in [5.41, 5.74) is 0.718. The van der Waals surface area contributed by atoms with Crippen molar-refractivity contribution in [3.8, 4) is 5.75 Å². The van der Waals surface area contributed by atoms with Crippen molar-refractivity contribution in [2.75, 3.05) is 19.7 Å². The van der Waals surface area contributed by atoms with Crippen molar-refractivity contribution in [2.45, 2.75) is 26.1 Å². The van der Waals surface area contributed by atoms with E-state index >= 15 is 0 Å². The number of halogens is 2. The van der Waals surface area contributed by atoms with Crippen LogP contribution in [0.4, 0.5) is 0 Å². The first-order valence-electron chi connectivity index (χ1n) is 7.74. The lowest BCUT2D eigenvalue weighted by atomic mass is 10.2. The maximum atomic E-state index is 12.5. The van der Waals surface area contributed by atoms with Gasteiger partial charge in [0.25, 0.3) is 5.91 Å². The Morgan fingerprint density at radius 3 is 2.75 bits per heavy atom. The van der Waals surface area contributed by atoms with Gasteiger partial charge < -0.3 is 14.4 Å². The number of hydrogen-bond acceptors (Lipinski definition) is 4. The van der Waals surface area contributed by atoms with Crippen molar-refractivity contribution < 1.29 is 14.3 Å². The Morgan fingerprint density at radius 1 is 1.33 bits per heavy atom. The molecule has 1 saturated heterocycles. The lowest BCUT2D eigenvalue weighted by Crippen LogP contribution is -2.49. The Bertz CT molecular complexity index is 759. The van der Waals surface area contributed by atoms with Gasteiger partial charge in [0.05, 0.1) is 16.7 Å². The summed E-state index contributed by atoms with van der Waals surface area (Å²) in [4.78, 5) is 18.7. The van der Waals surface area contributed by atoms with Crippen LogP contribution in [0.3, 0.4) is 0 Å². The first-order valence-corrected chi connectivity index (χ1v) is 9.33. The van der Waals surface area contributed by atoms with E-state index in [1.165, 1.54) is 0 Å². The Morgan fingerprint density at radius 2 is 2.04 bits per heavy atom. The number of rotatable bonds is 3. The largest absolute Gasteiger partial charge is 0.480 e. The monoisotopic (exact) mass is 456 g/mol. The molecule has 0 radical (unpaired) electrons. The van der Waals surface area contributed by atoms with E-state index in [1.54, 1.807) is 11.1 Å². The van der Waals surface area contributed by atoms with Crippen LogP contribution < -0.4 is 4.74 Å². The van der Waals surface area contributed by atoms with Crippen molar-refractivity contribution in [1.29, 1.82) is 0 Å². The minimum absolute atomic E-state index is 0.0225. The van der Waals surface area contributed by atoms with E-state index in [-0.39, 0.29) is 24.7 Å². The molecule has 1 aromatic carbocycles. The van der Waals surface area contributed by atoms with Crippen LogP contribution in [0.5, 0.6) is 5.75 Å². The van der Waals surface area contributed by atoms with Gasteiger partial charge in [-0.2, -0.15) is 0 Å². The second-order valence-electron chi connectivity index (χ2n) is 5.91. The van der Waals surface area contributed by atoms with Gasteiger partial charge in [0.15, 0.2) is 12.4 Å². The zero-order chi connectivity index (χ0) is 17.3. The van der Waals surface area contributed by atoms with E-state index in [9.17, 15) is 4.79 Å². The molecule has 1 aromatic heterocycles. The Kier molecular flexibility index (Phi) is 5.42. The number of amides is 1. The molecular weight excluding hydrogens is 440 g/mol. The standard InChI is InChI=1S/C17H18Br2N2O3/c1-10-7-21(8-11(2)24-10)15(22)9-23-17-14(19)6-13(18)12-4-3-5-20-16(12)17/h3-6,10-11H,7-9H2,1-2H3. The maximum Gasteiger partial charge on any atom is 0.260 e. The van der Waals surface area contributed by atoms with E-state index in [2.05, 4.69) is 36.8 Å². The molecule has 2 unspecified atom stereocenters. The zero-order valence-electron chi connectivity index (χ0n) is 13.5. The topological polar surface area (TPSA) is 51.7 Å². The molecule has 0 spiro atoms. The van der Waals surface area contributed by atoms with Gasteiger partial charge in [0, 0.05) is 29.1 Å². The van der Waals surface area contributed by atoms with Crippen LogP contribution in [-0.2, 0) is 9.53 Å². The maximum absolute atomic E-state index is 12.5. The molecule has 2 heterocycles. The van der Waals surface area contributed by atoms with Gasteiger partial charge >= 0.3 is 0 Å². The molecule has 24 heavy (non-hydrogen) atoms. The van der Waals surface area contributed by atoms with E-state index < -0.39 is 0 Å². The van der Waals surface area contributed by atoms with Gasteiger partial charge in [0.2, 0.25) is 0 Å². The summed E-state index contributed by atoms with van der Waals surface area (Å²) in [5, 5.41) is 0.941. The molecule has 1 aliphatic rings. The first kappa shape index (κ1) is 17.6. The fourth-order valence-corrected chi connectivity index (χ4v) is 4.28. The highest BCUT2D eigenvalue weighted by Gasteiger charge is 2.26. The molecule has 0 aliphatic carbocycles. The molecule has 0 saturated carbocycles. The highest BCUT2D eigenvalue weighted by atomic mass is 79.9. The van der Waals surface area contributed by atoms with E-state index in [0.29, 0.717) is 18.8 Å². The molecule has 1 aliphatic heterocycles. The molecule has 2 aromatic rings. The highest BCUT2D eigenvalue weighted by Crippen LogP contribution is 2.37. The van der Waals surface area contributed by atoms with Crippen LogP contribution in [0.15, 0.2) is 33.3 Å². The fourth-order valence-electron chi connectivity index (χ4n) is 2.89. The molecular formula is C17H18Br2N2O3. The minimum Gasteiger partial charge on any atom is -0.480 e. The molecule has 7 heteroatoms. The van der Waals surface area contributed by atoms with Crippen LogP contribution in [0, 0.1) is 0 Å². The first-order chi connectivity index (χ1) is 11.5. The second-order valence-corrected chi connectivity index (χ2v) is 7.62. The zero-order valence-corrected chi connectivity index (χ0v) is 16.6. The molecule has 1 amide bonds. The molecule has 128 valence electrons. The van der Waals surface area contributed by atoms with Crippen molar-refractivity contribution in [3.05, 3.63) is 33.3 Å². The van der Waals surface area contributed by atoms with Gasteiger partial charge in [-0.3, -0.25) is 9.78 Å². The van der Waals surface area contributed by atoms with Crippen molar-refractivity contribution in [2.24, 2.45) is 0 Å². The van der Waals surface area contributed by atoms with Crippen LogP contribution in [0.25, 0.3) is 10.9 Å². The van der Waals surface area contributed by atoms with Crippen LogP contribution >= 0.6 is 31.9 Å². The summed E-state index contributed by atoms with van der Waals surface area (Å²) in [6.45, 7) is 5.10. The summed E-state index contributed by atoms with van der Waals surface area (Å²) in [7, 11) is 0. The van der Waals surface area contributed by atoms with Gasteiger partial charge in [-0.1, -0.05) is 22.0 Å². The van der Waals surface area contributed by atoms with Gasteiger partial charge in [-0.15, -0.1) is 0 Å². The molecule has 5 nitrogen and oxygen atoms in total. The van der Waals surface area contributed by atoms with Crippen molar-refractivity contribution >= 4 is 48.7 Å². The number of hydrogen-bond donors (Lipinski definition) is 0. The Balaban J connectivity index is 1.77. The number of ether oxygens (including phenoxy) is 2. The number of nitrogens with zero attached hydrogens (tertiary/aromatic N) is 2. The molecule has 0 bridgehead atoms. The predicted molar refractivity (Wildman–Crippen MR) is 99.2 cm³/mol. The average molecular weight is 458 g/mol. The number of carbonyl (C=O) groups is 1. The molecule has 0 N–H and O–H groups in total. The molecule has 1 fully saturated rings. The Hall–Kier alpha value is -1.18. The van der Waals surface area contributed by atoms with Crippen LogP contribution in [0.1, 0.15) is 13.8 Å². The van der Waals surface area contributed by atoms with Gasteiger partial charge in [-0.25, -0.2) is 0 Å². The van der Waals surface area contributed by atoms with E-state index in [4.69, 9.17) is 9.47 Å². The number of benzene rings is 1. The predicted octanol–water partition coefficient (Wildman–Crippen LogP) is 3.77. The SMILES string of the molecule is CC1CN(C(=O)COc2c(Br)cc(Br)c3cccnc23)CC(C)O1. The summed E-state index contributed by atoms with van der Waals surface area (Å²) < 4.78 is 13.2. The summed E-state index contributed by atoms with van der Waals surface area (Å²) in [6, 6.07) is 5.73. The van der Waals surface area contributed by atoms with Crippen molar-refractivity contribution in [3.63, 3.8) is 0 Å². The quantitative estimate of drug-likeness (QED) is 0.703. The normalized spacial score (nSPS) is 21.1. The van der Waals surface area contributed by atoms with Crippen LogP contribution in [-0.4, -0.2) is 47.7 Å². The lowest BCUT2D eigenvalue weighted by Gasteiger charge is -2.35. The second kappa shape index (κ2) is 7.37. The summed E-state index contributed by atoms with van der Waals surface area (Å²) in [5.74, 6) is 0.535.